The van der Waals surface area contributed by atoms with Gasteiger partial charge < -0.3 is 14.8 Å². The van der Waals surface area contributed by atoms with Crippen LogP contribution in [0.3, 0.4) is 0 Å². The van der Waals surface area contributed by atoms with Gasteiger partial charge in [0.1, 0.15) is 0 Å². The van der Waals surface area contributed by atoms with Crippen LogP contribution in [0.5, 0.6) is 11.5 Å². The fraction of sp³-hybridized carbons (Fsp3) is 0.458. The first-order chi connectivity index (χ1) is 13.9. The SMILES string of the molecule is CCC(C)(C)NC(=O)CN1CCc2cc(OC)c(OC)cc2[C@@H]1c1ccccc1. The topological polar surface area (TPSA) is 50.8 Å². The summed E-state index contributed by atoms with van der Waals surface area (Å²) in [6.45, 7) is 7.37. The van der Waals surface area contributed by atoms with Crippen LogP contribution in [0.4, 0.5) is 0 Å². The smallest absolute Gasteiger partial charge is 0.234 e. The first-order valence-corrected chi connectivity index (χ1v) is 10.2. The molecule has 0 spiro atoms. The van der Waals surface area contributed by atoms with Gasteiger partial charge in [-0.25, -0.2) is 0 Å². The van der Waals surface area contributed by atoms with E-state index in [1.54, 1.807) is 14.2 Å². The summed E-state index contributed by atoms with van der Waals surface area (Å²) in [6, 6.07) is 14.5. The van der Waals surface area contributed by atoms with Crippen molar-refractivity contribution in [3.05, 3.63) is 59.2 Å². The van der Waals surface area contributed by atoms with E-state index in [2.05, 4.69) is 55.3 Å². The van der Waals surface area contributed by atoms with Crippen LogP contribution in [0.25, 0.3) is 0 Å². The van der Waals surface area contributed by atoms with Crippen LogP contribution in [-0.4, -0.2) is 43.7 Å². The number of nitrogens with zero attached hydrogens (tertiary/aromatic N) is 1. The number of hydrogen-bond acceptors (Lipinski definition) is 4. The Morgan fingerprint density at radius 1 is 1.14 bits per heavy atom. The molecule has 5 nitrogen and oxygen atoms in total. The molecular weight excluding hydrogens is 364 g/mol. The van der Waals surface area contributed by atoms with Gasteiger partial charge in [0, 0.05) is 12.1 Å². The van der Waals surface area contributed by atoms with E-state index in [0.717, 1.165) is 25.1 Å². The fourth-order valence-electron chi connectivity index (χ4n) is 3.88. The van der Waals surface area contributed by atoms with Gasteiger partial charge >= 0.3 is 0 Å². The van der Waals surface area contributed by atoms with E-state index in [0.29, 0.717) is 12.3 Å². The maximum absolute atomic E-state index is 12.8. The maximum atomic E-state index is 12.8. The lowest BCUT2D eigenvalue weighted by Gasteiger charge is -2.38. The van der Waals surface area contributed by atoms with Crippen LogP contribution in [0.15, 0.2) is 42.5 Å². The molecule has 29 heavy (non-hydrogen) atoms. The summed E-state index contributed by atoms with van der Waals surface area (Å²) in [6.07, 6.45) is 1.75. The zero-order valence-corrected chi connectivity index (χ0v) is 18.1. The molecule has 2 aromatic rings. The monoisotopic (exact) mass is 396 g/mol. The van der Waals surface area contributed by atoms with Crippen molar-refractivity contribution >= 4 is 5.91 Å². The predicted molar refractivity (Wildman–Crippen MR) is 116 cm³/mol. The second-order valence-corrected chi connectivity index (χ2v) is 8.23. The number of methoxy groups -OCH3 is 2. The number of benzene rings is 2. The zero-order chi connectivity index (χ0) is 21.0. The number of ether oxygens (including phenoxy) is 2. The highest BCUT2D eigenvalue weighted by Crippen LogP contribution is 2.40. The zero-order valence-electron chi connectivity index (χ0n) is 18.1. The van der Waals surface area contributed by atoms with Crippen molar-refractivity contribution in [3.63, 3.8) is 0 Å². The lowest BCUT2D eigenvalue weighted by Crippen LogP contribution is -2.49. The molecule has 0 radical (unpaired) electrons. The summed E-state index contributed by atoms with van der Waals surface area (Å²) in [5.74, 6) is 1.52. The summed E-state index contributed by atoms with van der Waals surface area (Å²) < 4.78 is 11.1. The molecule has 0 unspecified atom stereocenters. The third kappa shape index (κ3) is 4.73. The molecule has 3 rings (SSSR count). The Bertz CT molecular complexity index is 849. The van der Waals surface area contributed by atoms with E-state index in [9.17, 15) is 4.79 Å². The van der Waals surface area contributed by atoms with E-state index < -0.39 is 0 Å². The van der Waals surface area contributed by atoms with Crippen LogP contribution in [0, 0.1) is 0 Å². The average molecular weight is 397 g/mol. The Kier molecular flexibility index (Phi) is 6.48. The van der Waals surface area contributed by atoms with Crippen molar-refractivity contribution in [2.75, 3.05) is 27.3 Å². The minimum absolute atomic E-state index is 0.00440. The van der Waals surface area contributed by atoms with Gasteiger partial charge in [-0.1, -0.05) is 37.3 Å². The molecule has 0 fully saturated rings. The molecule has 1 amide bonds. The van der Waals surface area contributed by atoms with Crippen molar-refractivity contribution in [2.24, 2.45) is 0 Å². The normalized spacial score (nSPS) is 16.8. The molecule has 2 aromatic carbocycles. The van der Waals surface area contributed by atoms with Gasteiger partial charge in [-0.05, 0) is 55.5 Å². The lowest BCUT2D eigenvalue weighted by molar-refractivity contribution is -0.124. The van der Waals surface area contributed by atoms with E-state index >= 15 is 0 Å². The van der Waals surface area contributed by atoms with Gasteiger partial charge in [-0.2, -0.15) is 0 Å². The highest BCUT2D eigenvalue weighted by Gasteiger charge is 2.32. The quantitative estimate of drug-likeness (QED) is 0.770. The van der Waals surface area contributed by atoms with Gasteiger partial charge in [0.05, 0.1) is 26.8 Å². The molecule has 0 aliphatic carbocycles. The van der Waals surface area contributed by atoms with Crippen LogP contribution in [0.2, 0.25) is 0 Å². The molecule has 156 valence electrons. The molecule has 0 bridgehead atoms. The number of nitrogens with one attached hydrogen (secondary N) is 1. The number of hydrogen-bond donors (Lipinski definition) is 1. The first kappa shape index (κ1) is 21.2. The van der Waals surface area contributed by atoms with Gasteiger partial charge in [0.2, 0.25) is 5.91 Å². The number of rotatable bonds is 7. The second-order valence-electron chi connectivity index (χ2n) is 8.23. The fourth-order valence-corrected chi connectivity index (χ4v) is 3.88. The Hall–Kier alpha value is -2.53. The van der Waals surface area contributed by atoms with Gasteiger partial charge in [-0.15, -0.1) is 0 Å². The third-order valence-corrected chi connectivity index (χ3v) is 5.80. The number of carbonyl (C=O) groups is 1. The van der Waals surface area contributed by atoms with Crippen molar-refractivity contribution in [1.29, 1.82) is 0 Å². The molecule has 1 aliphatic heterocycles. The number of carbonyl (C=O) groups excluding carboxylic acids is 1. The van der Waals surface area contributed by atoms with E-state index in [4.69, 9.17) is 9.47 Å². The second kappa shape index (κ2) is 8.87. The summed E-state index contributed by atoms with van der Waals surface area (Å²) in [4.78, 5) is 15.1. The maximum Gasteiger partial charge on any atom is 0.234 e. The van der Waals surface area contributed by atoms with E-state index in [1.807, 2.05) is 18.2 Å². The summed E-state index contributed by atoms with van der Waals surface area (Å²) in [5.41, 5.74) is 3.37. The van der Waals surface area contributed by atoms with Gasteiger partial charge in [0.25, 0.3) is 0 Å². The van der Waals surface area contributed by atoms with Crippen LogP contribution >= 0.6 is 0 Å². The summed E-state index contributed by atoms with van der Waals surface area (Å²) in [5, 5.41) is 3.16. The average Bonchev–Trinajstić information content (AvgIpc) is 2.72. The lowest BCUT2D eigenvalue weighted by atomic mass is 9.87. The summed E-state index contributed by atoms with van der Waals surface area (Å²) in [7, 11) is 3.32. The molecule has 1 aliphatic rings. The van der Waals surface area contributed by atoms with Gasteiger partial charge in [0.15, 0.2) is 11.5 Å². The molecule has 1 heterocycles. The minimum atomic E-state index is -0.205. The van der Waals surface area contributed by atoms with Gasteiger partial charge in [-0.3, -0.25) is 9.69 Å². The Morgan fingerprint density at radius 2 is 1.79 bits per heavy atom. The Morgan fingerprint density at radius 3 is 2.41 bits per heavy atom. The third-order valence-electron chi connectivity index (χ3n) is 5.80. The van der Waals surface area contributed by atoms with Crippen LogP contribution in [-0.2, 0) is 11.2 Å². The molecule has 0 aromatic heterocycles. The van der Waals surface area contributed by atoms with Crippen LogP contribution in [0.1, 0.15) is 49.9 Å². The summed E-state index contributed by atoms with van der Waals surface area (Å²) >= 11 is 0. The number of fused-ring (bicyclic) bond motifs is 1. The highest BCUT2D eigenvalue weighted by molar-refractivity contribution is 5.79. The van der Waals surface area contributed by atoms with Crippen molar-refractivity contribution in [1.82, 2.24) is 10.2 Å². The largest absolute Gasteiger partial charge is 0.493 e. The van der Waals surface area contributed by atoms with E-state index in [-0.39, 0.29) is 17.5 Å². The van der Waals surface area contributed by atoms with E-state index in [1.165, 1.54) is 16.7 Å². The van der Waals surface area contributed by atoms with Crippen LogP contribution < -0.4 is 14.8 Å². The van der Waals surface area contributed by atoms with Crippen molar-refractivity contribution in [3.8, 4) is 11.5 Å². The predicted octanol–water partition coefficient (Wildman–Crippen LogP) is 3.96. The van der Waals surface area contributed by atoms with Crippen molar-refractivity contribution in [2.45, 2.75) is 45.2 Å². The first-order valence-electron chi connectivity index (χ1n) is 10.2. The highest BCUT2D eigenvalue weighted by atomic mass is 16.5. The molecule has 1 N–H and O–H groups in total. The standard InChI is InChI=1S/C24H32N2O3/c1-6-24(2,3)25-22(27)16-26-13-12-18-14-20(28-4)21(29-5)15-19(18)23(26)17-10-8-7-9-11-17/h7-11,14-15,23H,6,12-13,16H2,1-5H3,(H,25,27)/t23-/m0/s1. The molecule has 5 heteroatoms. The molecule has 1 atom stereocenters. The molecular formula is C24H32N2O3. The van der Waals surface area contributed by atoms with Crippen molar-refractivity contribution < 1.29 is 14.3 Å². The Labute approximate surface area is 174 Å². The minimum Gasteiger partial charge on any atom is -0.493 e. The molecule has 0 saturated carbocycles. The molecule has 0 saturated heterocycles. The Balaban J connectivity index is 1.97. The number of amides is 1.